The van der Waals surface area contributed by atoms with Crippen LogP contribution in [0.1, 0.15) is 10.4 Å². The van der Waals surface area contributed by atoms with E-state index in [1.165, 1.54) is 0 Å². The molecule has 6 nitrogen and oxygen atoms in total. The number of nitrogens with two attached hydrogens (primary N) is 1. The van der Waals surface area contributed by atoms with E-state index in [0.717, 1.165) is 4.47 Å². The standard InChI is InChI=1S/C14H11BrN4O2/c15-7-1-3-10(16)9(5-7)13(20)17-8-2-4-11-12(6-8)19-14(21)18-11/h1-6H,16H2,(H,17,20)(H2,18,19,21). The Hall–Kier alpha value is -2.54. The molecule has 0 aliphatic rings. The zero-order valence-corrected chi connectivity index (χ0v) is 12.3. The molecule has 0 fully saturated rings. The lowest BCUT2D eigenvalue weighted by molar-refractivity contribution is 0.102. The van der Waals surface area contributed by atoms with Gasteiger partial charge in [0.2, 0.25) is 0 Å². The summed E-state index contributed by atoms with van der Waals surface area (Å²) in [6.45, 7) is 0. The first-order valence-electron chi connectivity index (χ1n) is 6.11. The van der Waals surface area contributed by atoms with Gasteiger partial charge in [0.1, 0.15) is 0 Å². The number of carbonyl (C=O) groups excluding carboxylic acids is 1. The maximum absolute atomic E-state index is 12.2. The molecular formula is C14H11BrN4O2. The summed E-state index contributed by atoms with van der Waals surface area (Å²) in [5, 5.41) is 2.75. The van der Waals surface area contributed by atoms with Gasteiger partial charge < -0.3 is 21.0 Å². The van der Waals surface area contributed by atoms with Crippen molar-refractivity contribution in [3.05, 3.63) is 56.9 Å². The van der Waals surface area contributed by atoms with Gasteiger partial charge in [0.25, 0.3) is 5.91 Å². The summed E-state index contributed by atoms with van der Waals surface area (Å²) in [7, 11) is 0. The fourth-order valence-electron chi connectivity index (χ4n) is 2.03. The van der Waals surface area contributed by atoms with Gasteiger partial charge in [-0.3, -0.25) is 4.79 Å². The lowest BCUT2D eigenvalue weighted by Crippen LogP contribution is -2.14. The van der Waals surface area contributed by atoms with Crippen molar-refractivity contribution >= 4 is 44.2 Å². The highest BCUT2D eigenvalue weighted by Gasteiger charge is 2.11. The van der Waals surface area contributed by atoms with Crippen LogP contribution in [0.5, 0.6) is 0 Å². The van der Waals surface area contributed by atoms with E-state index in [0.29, 0.717) is 28.0 Å². The quantitative estimate of drug-likeness (QED) is 0.535. The number of amides is 1. The second-order valence-electron chi connectivity index (χ2n) is 4.53. The predicted octanol–water partition coefficient (Wildman–Crippen LogP) is 2.45. The molecule has 0 aliphatic carbocycles. The second-order valence-corrected chi connectivity index (χ2v) is 5.44. The van der Waals surface area contributed by atoms with Crippen LogP contribution in [0.25, 0.3) is 11.0 Å². The molecule has 3 rings (SSSR count). The van der Waals surface area contributed by atoms with Crippen molar-refractivity contribution < 1.29 is 4.79 Å². The van der Waals surface area contributed by atoms with Gasteiger partial charge in [0.15, 0.2) is 0 Å². The monoisotopic (exact) mass is 346 g/mol. The third-order valence-electron chi connectivity index (χ3n) is 3.03. The molecule has 0 radical (unpaired) electrons. The van der Waals surface area contributed by atoms with Crippen molar-refractivity contribution in [3.63, 3.8) is 0 Å². The highest BCUT2D eigenvalue weighted by atomic mass is 79.9. The minimum atomic E-state index is -0.314. The van der Waals surface area contributed by atoms with Crippen molar-refractivity contribution in [2.45, 2.75) is 0 Å². The van der Waals surface area contributed by atoms with Gasteiger partial charge in [-0.15, -0.1) is 0 Å². The number of hydrogen-bond acceptors (Lipinski definition) is 3. The van der Waals surface area contributed by atoms with Crippen molar-refractivity contribution in [2.24, 2.45) is 0 Å². The lowest BCUT2D eigenvalue weighted by atomic mass is 10.1. The molecule has 2 aromatic carbocycles. The van der Waals surface area contributed by atoms with Crippen LogP contribution in [0.2, 0.25) is 0 Å². The van der Waals surface area contributed by atoms with E-state index >= 15 is 0 Å². The molecule has 1 heterocycles. The number of nitrogens with one attached hydrogen (secondary N) is 3. The molecule has 7 heteroatoms. The van der Waals surface area contributed by atoms with E-state index in [9.17, 15) is 9.59 Å². The van der Waals surface area contributed by atoms with Crippen LogP contribution in [0.3, 0.4) is 0 Å². The summed E-state index contributed by atoms with van der Waals surface area (Å²) in [6.07, 6.45) is 0. The van der Waals surface area contributed by atoms with Crippen LogP contribution in [-0.2, 0) is 0 Å². The number of aromatic nitrogens is 2. The van der Waals surface area contributed by atoms with Gasteiger partial charge >= 0.3 is 5.69 Å². The van der Waals surface area contributed by atoms with Gasteiger partial charge in [-0.1, -0.05) is 15.9 Å². The minimum Gasteiger partial charge on any atom is -0.398 e. The molecule has 5 N–H and O–H groups in total. The van der Waals surface area contributed by atoms with Crippen LogP contribution < -0.4 is 16.7 Å². The highest BCUT2D eigenvalue weighted by Crippen LogP contribution is 2.21. The Kier molecular flexibility index (Phi) is 3.26. The fourth-order valence-corrected chi connectivity index (χ4v) is 2.39. The van der Waals surface area contributed by atoms with Crippen molar-refractivity contribution in [3.8, 4) is 0 Å². The van der Waals surface area contributed by atoms with Gasteiger partial charge in [-0.05, 0) is 36.4 Å². The van der Waals surface area contributed by atoms with E-state index in [1.54, 1.807) is 36.4 Å². The normalized spacial score (nSPS) is 10.7. The van der Waals surface area contributed by atoms with Crippen molar-refractivity contribution in [1.82, 2.24) is 9.97 Å². The molecule has 0 atom stereocenters. The Morgan fingerprint density at radius 1 is 1.10 bits per heavy atom. The number of anilines is 2. The number of nitrogen functional groups attached to an aromatic ring is 1. The van der Waals surface area contributed by atoms with E-state index in [4.69, 9.17) is 5.73 Å². The SMILES string of the molecule is Nc1ccc(Br)cc1C(=O)Nc1ccc2[nH]c(=O)[nH]c2c1. The number of H-pyrrole nitrogens is 2. The summed E-state index contributed by atoms with van der Waals surface area (Å²) in [6, 6.07) is 10.2. The molecule has 1 amide bonds. The molecule has 0 aliphatic heterocycles. The Morgan fingerprint density at radius 3 is 2.67 bits per heavy atom. The third-order valence-corrected chi connectivity index (χ3v) is 3.53. The smallest absolute Gasteiger partial charge is 0.323 e. The lowest BCUT2D eigenvalue weighted by Gasteiger charge is -2.08. The Balaban J connectivity index is 1.92. The number of fused-ring (bicyclic) bond motifs is 1. The molecule has 21 heavy (non-hydrogen) atoms. The Labute approximate surface area is 127 Å². The first-order valence-corrected chi connectivity index (χ1v) is 6.90. The van der Waals surface area contributed by atoms with Crippen molar-refractivity contribution in [1.29, 1.82) is 0 Å². The molecule has 0 bridgehead atoms. The third kappa shape index (κ3) is 2.68. The summed E-state index contributed by atoms with van der Waals surface area (Å²) >= 11 is 3.31. The minimum absolute atomic E-state index is 0.287. The molecule has 3 aromatic rings. The van der Waals surface area contributed by atoms with Gasteiger partial charge in [0.05, 0.1) is 16.6 Å². The van der Waals surface area contributed by atoms with Crippen LogP contribution in [0.4, 0.5) is 11.4 Å². The van der Waals surface area contributed by atoms with Crippen LogP contribution in [0, 0.1) is 0 Å². The average molecular weight is 347 g/mol. The molecule has 0 saturated carbocycles. The zero-order chi connectivity index (χ0) is 15.0. The maximum atomic E-state index is 12.2. The van der Waals surface area contributed by atoms with Crippen LogP contribution in [0.15, 0.2) is 45.7 Å². The summed E-state index contributed by atoms with van der Waals surface area (Å²) in [5.74, 6) is -0.314. The number of imidazole rings is 1. The molecule has 0 unspecified atom stereocenters. The van der Waals surface area contributed by atoms with E-state index in [1.807, 2.05) is 0 Å². The molecule has 106 valence electrons. The predicted molar refractivity (Wildman–Crippen MR) is 85.4 cm³/mol. The number of halogens is 1. The van der Waals surface area contributed by atoms with Gasteiger partial charge in [-0.25, -0.2) is 4.79 Å². The first-order chi connectivity index (χ1) is 10.0. The summed E-state index contributed by atoms with van der Waals surface area (Å²) in [4.78, 5) is 28.7. The zero-order valence-electron chi connectivity index (χ0n) is 10.7. The van der Waals surface area contributed by atoms with E-state index in [2.05, 4.69) is 31.2 Å². The van der Waals surface area contributed by atoms with E-state index < -0.39 is 0 Å². The summed E-state index contributed by atoms with van der Waals surface area (Å²) < 4.78 is 0.771. The second kappa shape index (κ2) is 5.10. The van der Waals surface area contributed by atoms with Crippen molar-refractivity contribution in [2.75, 3.05) is 11.1 Å². The number of aromatic amines is 2. The van der Waals surface area contributed by atoms with Gasteiger partial charge in [0, 0.05) is 15.8 Å². The molecule has 0 saturated heterocycles. The summed E-state index contributed by atoms with van der Waals surface area (Å²) in [5.41, 5.74) is 8.17. The number of hydrogen-bond donors (Lipinski definition) is 4. The molecular weight excluding hydrogens is 336 g/mol. The Bertz CT molecular complexity index is 897. The largest absolute Gasteiger partial charge is 0.398 e. The topological polar surface area (TPSA) is 104 Å². The highest BCUT2D eigenvalue weighted by molar-refractivity contribution is 9.10. The average Bonchev–Trinajstić information content (AvgIpc) is 2.80. The fraction of sp³-hybridized carbons (Fsp3) is 0. The number of benzene rings is 2. The number of carbonyl (C=O) groups is 1. The van der Waals surface area contributed by atoms with Gasteiger partial charge in [-0.2, -0.15) is 0 Å². The first kappa shape index (κ1) is 13.4. The van der Waals surface area contributed by atoms with E-state index in [-0.39, 0.29) is 11.6 Å². The van der Waals surface area contributed by atoms with Crippen LogP contribution in [-0.4, -0.2) is 15.9 Å². The Morgan fingerprint density at radius 2 is 1.86 bits per heavy atom. The number of rotatable bonds is 2. The van der Waals surface area contributed by atoms with Crippen LogP contribution >= 0.6 is 15.9 Å². The molecule has 0 spiro atoms. The molecule has 1 aromatic heterocycles. The maximum Gasteiger partial charge on any atom is 0.323 e.